The number of amides is 2. The van der Waals surface area contributed by atoms with Crippen molar-refractivity contribution in [3.63, 3.8) is 0 Å². The largest absolute Gasteiger partial charge is 0.438 e. The minimum atomic E-state index is -1.85. The Hall–Kier alpha value is 0.1000. The van der Waals surface area contributed by atoms with Gasteiger partial charge in [0.05, 0.1) is 0 Å². The van der Waals surface area contributed by atoms with E-state index in [1.54, 1.807) is 0 Å². The summed E-state index contributed by atoms with van der Waals surface area (Å²) in [6.07, 6.45) is -2.07. The number of carbonyl (C=O) groups is 2. The molecule has 2 atom stereocenters. The standard InChI is InChI=1S/C6H5Cl4NO3/c1-2(12)11-4(7)3(6(8,9)10)14-5(11)13/h3-4H,1H3/t3-,4+/m0/s1. The monoisotopic (exact) mass is 279 g/mol. The Balaban J connectivity index is 2.90. The van der Waals surface area contributed by atoms with Gasteiger partial charge in [0.15, 0.2) is 11.6 Å². The number of cyclic esters (lactones) is 1. The van der Waals surface area contributed by atoms with E-state index in [4.69, 9.17) is 46.4 Å². The van der Waals surface area contributed by atoms with Gasteiger partial charge in [0.1, 0.15) is 0 Å². The van der Waals surface area contributed by atoms with Crippen LogP contribution >= 0.6 is 46.4 Å². The lowest BCUT2D eigenvalue weighted by molar-refractivity contribution is -0.126. The third kappa shape index (κ3) is 2.19. The first-order chi connectivity index (χ1) is 6.25. The molecule has 0 aromatic heterocycles. The molecular weight excluding hydrogens is 276 g/mol. The van der Waals surface area contributed by atoms with Crippen molar-refractivity contribution in [1.82, 2.24) is 4.90 Å². The van der Waals surface area contributed by atoms with Crippen LogP contribution in [0.4, 0.5) is 4.79 Å². The lowest BCUT2D eigenvalue weighted by atomic mass is 10.4. The molecule has 1 saturated heterocycles. The van der Waals surface area contributed by atoms with Crippen LogP contribution in [0.15, 0.2) is 0 Å². The summed E-state index contributed by atoms with van der Waals surface area (Å²) in [5.74, 6) is -0.563. The molecule has 0 unspecified atom stereocenters. The third-order valence-electron chi connectivity index (χ3n) is 1.58. The third-order valence-corrected chi connectivity index (χ3v) is 2.65. The second-order valence-corrected chi connectivity index (χ2v) is 5.42. The molecule has 1 rings (SSSR count). The molecule has 8 heteroatoms. The van der Waals surface area contributed by atoms with Crippen molar-refractivity contribution >= 4 is 58.4 Å². The molecular formula is C6H5Cl4NO3. The van der Waals surface area contributed by atoms with Crippen molar-refractivity contribution < 1.29 is 14.3 Å². The predicted octanol–water partition coefficient (Wildman–Crippen LogP) is 2.29. The maximum atomic E-state index is 11.1. The highest BCUT2D eigenvalue weighted by atomic mass is 35.6. The van der Waals surface area contributed by atoms with E-state index in [0.29, 0.717) is 4.90 Å². The van der Waals surface area contributed by atoms with E-state index in [1.807, 2.05) is 0 Å². The fraction of sp³-hybridized carbons (Fsp3) is 0.667. The number of nitrogens with zero attached hydrogens (tertiary/aromatic N) is 1. The van der Waals surface area contributed by atoms with Gasteiger partial charge >= 0.3 is 6.09 Å². The van der Waals surface area contributed by atoms with Gasteiger partial charge in [0, 0.05) is 6.92 Å². The summed E-state index contributed by atoms with van der Waals surface area (Å²) in [4.78, 5) is 22.7. The molecule has 0 radical (unpaired) electrons. The Morgan fingerprint density at radius 1 is 1.50 bits per heavy atom. The number of halogens is 4. The summed E-state index contributed by atoms with van der Waals surface area (Å²) in [5.41, 5.74) is -1.10. The van der Waals surface area contributed by atoms with Crippen LogP contribution < -0.4 is 0 Å². The van der Waals surface area contributed by atoms with Gasteiger partial charge in [0.2, 0.25) is 9.70 Å². The Bertz CT molecular complexity index is 277. The highest BCUT2D eigenvalue weighted by Crippen LogP contribution is 2.40. The number of alkyl halides is 4. The summed E-state index contributed by atoms with van der Waals surface area (Å²) in [6.45, 7) is 1.16. The molecule has 0 aromatic rings. The fourth-order valence-corrected chi connectivity index (χ4v) is 2.13. The Morgan fingerprint density at radius 2 is 2.00 bits per heavy atom. The van der Waals surface area contributed by atoms with Gasteiger partial charge < -0.3 is 4.74 Å². The minimum Gasteiger partial charge on any atom is -0.438 e. The molecule has 0 spiro atoms. The normalized spacial score (nSPS) is 27.8. The van der Waals surface area contributed by atoms with E-state index < -0.39 is 27.4 Å². The zero-order chi connectivity index (χ0) is 11.1. The van der Waals surface area contributed by atoms with E-state index in [2.05, 4.69) is 4.74 Å². The maximum Gasteiger partial charge on any atom is 0.418 e. The van der Waals surface area contributed by atoms with Crippen molar-refractivity contribution in [2.24, 2.45) is 0 Å². The Labute approximate surface area is 100.0 Å². The van der Waals surface area contributed by atoms with Crippen LogP contribution in [-0.4, -0.2) is 32.3 Å². The summed E-state index contributed by atoms with van der Waals surface area (Å²) in [6, 6.07) is 0. The molecule has 0 aromatic carbocycles. The average molecular weight is 281 g/mol. The summed E-state index contributed by atoms with van der Waals surface area (Å²) >= 11 is 22.2. The van der Waals surface area contributed by atoms with Crippen LogP contribution in [0.25, 0.3) is 0 Å². The quantitative estimate of drug-likeness (QED) is 0.505. The number of imide groups is 1. The molecule has 0 N–H and O–H groups in total. The average Bonchev–Trinajstić information content (AvgIpc) is 2.24. The van der Waals surface area contributed by atoms with Gasteiger partial charge in [-0.15, -0.1) is 0 Å². The van der Waals surface area contributed by atoms with E-state index in [9.17, 15) is 9.59 Å². The molecule has 14 heavy (non-hydrogen) atoms. The van der Waals surface area contributed by atoms with Crippen molar-refractivity contribution in [3.05, 3.63) is 0 Å². The number of carbonyl (C=O) groups excluding carboxylic acids is 2. The second kappa shape index (κ2) is 3.93. The van der Waals surface area contributed by atoms with Crippen LogP contribution in [0.2, 0.25) is 0 Å². The van der Waals surface area contributed by atoms with Gasteiger partial charge in [-0.3, -0.25) is 4.79 Å². The number of hydrogen-bond donors (Lipinski definition) is 0. The van der Waals surface area contributed by atoms with Crippen molar-refractivity contribution in [2.45, 2.75) is 22.3 Å². The van der Waals surface area contributed by atoms with Gasteiger partial charge in [0.25, 0.3) is 0 Å². The fourth-order valence-electron chi connectivity index (χ4n) is 0.983. The van der Waals surface area contributed by atoms with Gasteiger partial charge in [-0.05, 0) is 0 Å². The first-order valence-corrected chi connectivity index (χ1v) is 5.03. The summed E-state index contributed by atoms with van der Waals surface area (Å²) < 4.78 is 2.80. The molecule has 1 aliphatic rings. The second-order valence-electron chi connectivity index (χ2n) is 2.61. The molecule has 1 heterocycles. The molecule has 1 aliphatic heterocycles. The Kier molecular flexibility index (Phi) is 3.41. The molecule has 4 nitrogen and oxygen atoms in total. The van der Waals surface area contributed by atoms with Gasteiger partial charge in [-0.1, -0.05) is 46.4 Å². The zero-order valence-corrected chi connectivity index (χ0v) is 9.86. The lowest BCUT2D eigenvalue weighted by Crippen LogP contribution is -2.40. The van der Waals surface area contributed by atoms with Crippen molar-refractivity contribution in [3.8, 4) is 0 Å². The van der Waals surface area contributed by atoms with Crippen molar-refractivity contribution in [2.75, 3.05) is 0 Å². The number of rotatable bonds is 0. The molecule has 0 aliphatic carbocycles. The van der Waals surface area contributed by atoms with Crippen LogP contribution in [0.1, 0.15) is 6.92 Å². The van der Waals surface area contributed by atoms with E-state index in [1.165, 1.54) is 0 Å². The molecule has 2 amide bonds. The first kappa shape index (κ1) is 12.2. The summed E-state index contributed by atoms with van der Waals surface area (Å²) in [7, 11) is 0. The van der Waals surface area contributed by atoms with E-state index in [-0.39, 0.29) is 0 Å². The Morgan fingerprint density at radius 3 is 2.21 bits per heavy atom. The van der Waals surface area contributed by atoms with Crippen LogP contribution in [0.3, 0.4) is 0 Å². The zero-order valence-electron chi connectivity index (χ0n) is 6.84. The highest BCUT2D eigenvalue weighted by Gasteiger charge is 2.52. The number of ether oxygens (including phenoxy) is 1. The van der Waals surface area contributed by atoms with Crippen LogP contribution in [-0.2, 0) is 9.53 Å². The topological polar surface area (TPSA) is 46.6 Å². The van der Waals surface area contributed by atoms with Gasteiger partial charge in [-0.25, -0.2) is 9.69 Å². The molecule has 1 fully saturated rings. The minimum absolute atomic E-state index is 0.563. The van der Waals surface area contributed by atoms with Crippen LogP contribution in [0.5, 0.6) is 0 Å². The van der Waals surface area contributed by atoms with E-state index in [0.717, 1.165) is 6.92 Å². The van der Waals surface area contributed by atoms with Gasteiger partial charge in [-0.2, -0.15) is 0 Å². The SMILES string of the molecule is CC(=O)N1C(=O)O[C@H](C(Cl)(Cl)Cl)[C@@H]1Cl. The number of hydrogen-bond acceptors (Lipinski definition) is 3. The lowest BCUT2D eigenvalue weighted by Gasteiger charge is -2.20. The predicted molar refractivity (Wildman–Crippen MR) is 52.7 cm³/mol. The molecule has 0 saturated carbocycles. The molecule has 0 bridgehead atoms. The smallest absolute Gasteiger partial charge is 0.418 e. The summed E-state index contributed by atoms with van der Waals surface area (Å²) in [5, 5.41) is 0. The highest BCUT2D eigenvalue weighted by molar-refractivity contribution is 6.68. The van der Waals surface area contributed by atoms with E-state index >= 15 is 0 Å². The molecule has 80 valence electrons. The maximum absolute atomic E-state index is 11.1. The van der Waals surface area contributed by atoms with Crippen molar-refractivity contribution in [1.29, 1.82) is 0 Å². The first-order valence-electron chi connectivity index (χ1n) is 3.46. The van der Waals surface area contributed by atoms with Crippen LogP contribution in [0, 0.1) is 0 Å².